The molecule has 0 aliphatic carbocycles. The number of benzene rings is 1. The summed E-state index contributed by atoms with van der Waals surface area (Å²) >= 11 is 1.58. The van der Waals surface area contributed by atoms with Crippen LogP contribution in [0.4, 0.5) is 0 Å². The molecule has 1 N–H and O–H groups in total. The number of thiazole rings is 1. The molecule has 2 unspecified atom stereocenters. The topological polar surface area (TPSA) is 79.4 Å². The van der Waals surface area contributed by atoms with Crippen LogP contribution < -0.4 is 5.32 Å². The molecule has 2 aromatic rings. The van der Waals surface area contributed by atoms with Crippen molar-refractivity contribution in [3.63, 3.8) is 0 Å². The molecule has 25 heavy (non-hydrogen) atoms. The van der Waals surface area contributed by atoms with Gasteiger partial charge in [0.2, 0.25) is 10.0 Å². The van der Waals surface area contributed by atoms with Crippen molar-refractivity contribution in [2.45, 2.75) is 50.7 Å². The van der Waals surface area contributed by atoms with E-state index in [4.69, 9.17) is 0 Å². The molecule has 1 amide bonds. The van der Waals surface area contributed by atoms with Gasteiger partial charge in [0.05, 0.1) is 21.5 Å². The molecule has 3 heterocycles. The molecule has 2 saturated heterocycles. The van der Waals surface area contributed by atoms with Gasteiger partial charge in [-0.1, -0.05) is 0 Å². The first kappa shape index (κ1) is 16.9. The monoisotopic (exact) mass is 379 g/mol. The number of hydrogen-bond donors (Lipinski definition) is 1. The summed E-state index contributed by atoms with van der Waals surface area (Å²) in [4.78, 5) is 17.0. The highest BCUT2D eigenvalue weighted by atomic mass is 32.2. The van der Waals surface area contributed by atoms with E-state index in [0.29, 0.717) is 18.4 Å². The number of rotatable bonds is 3. The third kappa shape index (κ3) is 3.18. The minimum absolute atomic E-state index is 0.0191. The number of aromatic nitrogens is 1. The lowest BCUT2D eigenvalue weighted by molar-refractivity contribution is 0.0909. The Kier molecular flexibility index (Phi) is 4.09. The number of nitrogens with zero attached hydrogens (tertiary/aromatic N) is 2. The molecule has 4 rings (SSSR count). The van der Waals surface area contributed by atoms with E-state index in [1.807, 2.05) is 19.1 Å². The normalized spacial score (nSPS) is 26.9. The number of fused-ring (bicyclic) bond motifs is 3. The van der Waals surface area contributed by atoms with Crippen LogP contribution in [0, 0.1) is 6.92 Å². The molecule has 1 aromatic carbocycles. The molecule has 6 nitrogen and oxygen atoms in total. The quantitative estimate of drug-likeness (QED) is 0.887. The van der Waals surface area contributed by atoms with Crippen molar-refractivity contribution in [2.24, 2.45) is 0 Å². The number of nitrogens with one attached hydrogen (secondary N) is 1. The maximum atomic E-state index is 12.6. The van der Waals surface area contributed by atoms with Gasteiger partial charge in [-0.05, 0) is 50.8 Å². The SMILES string of the molecule is Cc1nc2ccc(C(=O)NC3CC4CCC(C3)N4S(C)(=O)=O)cc2s1. The molecule has 1 aromatic heterocycles. The molecule has 134 valence electrons. The third-order valence-electron chi connectivity index (χ3n) is 5.14. The van der Waals surface area contributed by atoms with Crippen LogP contribution >= 0.6 is 11.3 Å². The number of aryl methyl sites for hydroxylation is 1. The molecule has 0 spiro atoms. The molecular formula is C17H21N3O3S2. The highest BCUT2D eigenvalue weighted by molar-refractivity contribution is 7.88. The van der Waals surface area contributed by atoms with Crippen molar-refractivity contribution in [3.05, 3.63) is 28.8 Å². The van der Waals surface area contributed by atoms with E-state index in [2.05, 4.69) is 10.3 Å². The zero-order chi connectivity index (χ0) is 17.8. The molecule has 2 aliphatic rings. The molecule has 0 saturated carbocycles. The minimum Gasteiger partial charge on any atom is -0.349 e. The summed E-state index contributed by atoms with van der Waals surface area (Å²) in [5.41, 5.74) is 1.55. The van der Waals surface area contributed by atoms with E-state index < -0.39 is 10.0 Å². The van der Waals surface area contributed by atoms with Crippen molar-refractivity contribution in [2.75, 3.05) is 6.26 Å². The van der Waals surface area contributed by atoms with Gasteiger partial charge in [0.25, 0.3) is 5.91 Å². The number of sulfonamides is 1. The molecular weight excluding hydrogens is 358 g/mol. The van der Waals surface area contributed by atoms with Crippen LogP contribution in [0.1, 0.15) is 41.0 Å². The Hall–Kier alpha value is -1.51. The van der Waals surface area contributed by atoms with E-state index in [-0.39, 0.29) is 24.0 Å². The van der Waals surface area contributed by atoms with Crippen LogP contribution in [0.5, 0.6) is 0 Å². The van der Waals surface area contributed by atoms with Crippen molar-refractivity contribution < 1.29 is 13.2 Å². The van der Waals surface area contributed by atoms with Crippen molar-refractivity contribution >= 4 is 37.5 Å². The maximum absolute atomic E-state index is 12.6. The zero-order valence-electron chi connectivity index (χ0n) is 14.2. The first-order valence-corrected chi connectivity index (χ1v) is 11.1. The lowest BCUT2D eigenvalue weighted by Crippen LogP contribution is -2.52. The number of carbonyl (C=O) groups is 1. The predicted molar refractivity (Wildman–Crippen MR) is 98.3 cm³/mol. The Morgan fingerprint density at radius 3 is 2.60 bits per heavy atom. The van der Waals surface area contributed by atoms with Gasteiger partial charge in [-0.2, -0.15) is 4.31 Å². The van der Waals surface area contributed by atoms with Gasteiger partial charge >= 0.3 is 0 Å². The van der Waals surface area contributed by atoms with E-state index in [1.54, 1.807) is 21.7 Å². The van der Waals surface area contributed by atoms with Gasteiger partial charge in [0.15, 0.2) is 0 Å². The zero-order valence-corrected chi connectivity index (χ0v) is 15.9. The molecule has 2 fully saturated rings. The first-order chi connectivity index (χ1) is 11.8. The third-order valence-corrected chi connectivity index (χ3v) is 7.44. The smallest absolute Gasteiger partial charge is 0.251 e. The second-order valence-electron chi connectivity index (χ2n) is 7.04. The van der Waals surface area contributed by atoms with Crippen LogP contribution in [0.15, 0.2) is 18.2 Å². The van der Waals surface area contributed by atoms with Gasteiger partial charge in [-0.15, -0.1) is 11.3 Å². The Bertz CT molecular complexity index is 924. The fraction of sp³-hybridized carbons (Fsp3) is 0.529. The molecule has 2 atom stereocenters. The van der Waals surface area contributed by atoms with Crippen LogP contribution in [0.2, 0.25) is 0 Å². The first-order valence-electron chi connectivity index (χ1n) is 8.48. The summed E-state index contributed by atoms with van der Waals surface area (Å²) < 4.78 is 26.6. The molecule has 2 aliphatic heterocycles. The maximum Gasteiger partial charge on any atom is 0.251 e. The summed E-state index contributed by atoms with van der Waals surface area (Å²) in [7, 11) is -3.17. The van der Waals surface area contributed by atoms with Crippen molar-refractivity contribution in [3.8, 4) is 0 Å². The average molecular weight is 380 g/mol. The number of amides is 1. The standard InChI is InChI=1S/C17H21N3O3S2/c1-10-18-15-6-3-11(7-16(15)24-10)17(21)19-12-8-13-4-5-14(9-12)20(13)25(2,22)23/h3,6-7,12-14H,4-5,8-9H2,1-2H3,(H,19,21). The Morgan fingerprint density at radius 2 is 1.96 bits per heavy atom. The number of hydrogen-bond acceptors (Lipinski definition) is 5. The largest absolute Gasteiger partial charge is 0.349 e. The van der Waals surface area contributed by atoms with Gasteiger partial charge in [0.1, 0.15) is 0 Å². The number of piperidine rings is 1. The highest BCUT2D eigenvalue weighted by Crippen LogP contribution is 2.37. The predicted octanol–water partition coefficient (Wildman–Crippen LogP) is 2.29. The molecule has 0 radical (unpaired) electrons. The van der Waals surface area contributed by atoms with Gasteiger partial charge in [0, 0.05) is 23.7 Å². The summed E-state index contributed by atoms with van der Waals surface area (Å²) in [5.74, 6) is -0.0924. The van der Waals surface area contributed by atoms with Crippen LogP contribution in [-0.4, -0.2) is 48.0 Å². The average Bonchev–Trinajstić information content (AvgIpc) is 3.03. The Labute approximate surface area is 151 Å². The Morgan fingerprint density at radius 1 is 1.28 bits per heavy atom. The minimum atomic E-state index is -3.17. The van der Waals surface area contributed by atoms with Crippen molar-refractivity contribution in [1.29, 1.82) is 0 Å². The summed E-state index contributed by atoms with van der Waals surface area (Å²) in [6, 6.07) is 5.63. The molecule has 2 bridgehead atoms. The van der Waals surface area contributed by atoms with E-state index in [0.717, 1.165) is 28.1 Å². The van der Waals surface area contributed by atoms with Crippen LogP contribution in [0.25, 0.3) is 10.2 Å². The summed E-state index contributed by atoms with van der Waals surface area (Å²) in [6.07, 6.45) is 4.43. The highest BCUT2D eigenvalue weighted by Gasteiger charge is 2.45. The lowest BCUT2D eigenvalue weighted by atomic mass is 9.99. The molecule has 8 heteroatoms. The lowest BCUT2D eigenvalue weighted by Gasteiger charge is -2.37. The summed E-state index contributed by atoms with van der Waals surface area (Å²) in [6.45, 7) is 1.95. The van der Waals surface area contributed by atoms with E-state index in [9.17, 15) is 13.2 Å². The fourth-order valence-electron chi connectivity index (χ4n) is 4.24. The van der Waals surface area contributed by atoms with Gasteiger partial charge in [-0.25, -0.2) is 13.4 Å². The van der Waals surface area contributed by atoms with E-state index in [1.165, 1.54) is 6.26 Å². The second kappa shape index (κ2) is 6.03. The van der Waals surface area contributed by atoms with Crippen LogP contribution in [0.3, 0.4) is 0 Å². The van der Waals surface area contributed by atoms with Crippen molar-refractivity contribution in [1.82, 2.24) is 14.6 Å². The number of carbonyl (C=O) groups excluding carboxylic acids is 1. The van der Waals surface area contributed by atoms with E-state index >= 15 is 0 Å². The van der Waals surface area contributed by atoms with Gasteiger partial charge < -0.3 is 5.32 Å². The Balaban J connectivity index is 1.48. The van der Waals surface area contributed by atoms with Gasteiger partial charge in [-0.3, -0.25) is 4.79 Å². The fourth-order valence-corrected chi connectivity index (χ4v) is 6.58. The van der Waals surface area contributed by atoms with Crippen LogP contribution in [-0.2, 0) is 10.0 Å². The summed E-state index contributed by atoms with van der Waals surface area (Å²) in [5, 5.41) is 4.09. The second-order valence-corrected chi connectivity index (χ2v) is 10.2.